The number of pyridine rings is 1. The summed E-state index contributed by atoms with van der Waals surface area (Å²) in [6.07, 6.45) is -0.619. The van der Waals surface area contributed by atoms with Crippen LogP contribution in [0.2, 0.25) is 0 Å². The minimum atomic E-state index is -0.619. The van der Waals surface area contributed by atoms with E-state index in [0.29, 0.717) is 5.56 Å². The van der Waals surface area contributed by atoms with Gasteiger partial charge in [0.05, 0.1) is 15.8 Å². The Morgan fingerprint density at radius 3 is 2.89 bits per heavy atom. The number of anilines is 1. The first-order chi connectivity index (χ1) is 8.89. The Bertz CT molecular complexity index is 665. The predicted octanol–water partition coefficient (Wildman–Crippen LogP) is 3.51. The predicted molar refractivity (Wildman–Crippen MR) is 74.2 cm³/mol. The lowest BCUT2D eigenvalue weighted by molar-refractivity contribution is 0.0635. The van der Waals surface area contributed by atoms with Crippen LogP contribution in [0.25, 0.3) is 10.2 Å². The number of ether oxygens (including phenoxy) is 1. The second kappa shape index (κ2) is 4.86. The molecule has 0 saturated carbocycles. The minimum absolute atomic E-state index is 0.225. The molecule has 2 rings (SSSR count). The zero-order chi connectivity index (χ0) is 14.0. The average Bonchev–Trinajstić information content (AvgIpc) is 2.72. The summed E-state index contributed by atoms with van der Waals surface area (Å²) in [6.45, 7) is 5.31. The Hall–Kier alpha value is -2.13. The molecule has 0 aliphatic heterocycles. The molecule has 0 spiro atoms. The third-order valence-electron chi connectivity index (χ3n) is 2.18. The van der Waals surface area contributed by atoms with Crippen LogP contribution in [0.15, 0.2) is 17.5 Å². The molecule has 2 aromatic heterocycles. The van der Waals surface area contributed by atoms with Gasteiger partial charge in [-0.05, 0) is 38.3 Å². The number of nitriles is 1. The Morgan fingerprint density at radius 2 is 2.26 bits per heavy atom. The molecular formula is C13H13N3O2S. The number of thiophene rings is 1. The van der Waals surface area contributed by atoms with Gasteiger partial charge in [-0.15, -0.1) is 11.3 Å². The van der Waals surface area contributed by atoms with Gasteiger partial charge < -0.3 is 4.74 Å². The van der Waals surface area contributed by atoms with Crippen LogP contribution in [0, 0.1) is 11.3 Å². The number of carbonyl (C=O) groups is 1. The monoisotopic (exact) mass is 275 g/mol. The molecule has 0 aromatic carbocycles. The summed E-state index contributed by atoms with van der Waals surface area (Å²) in [4.78, 5) is 15.9. The molecule has 98 valence electrons. The molecule has 6 heteroatoms. The molecule has 0 saturated heterocycles. The van der Waals surface area contributed by atoms with E-state index in [-0.39, 0.29) is 5.82 Å². The van der Waals surface area contributed by atoms with E-state index in [1.54, 1.807) is 26.8 Å². The van der Waals surface area contributed by atoms with Crippen molar-refractivity contribution in [3.63, 3.8) is 0 Å². The van der Waals surface area contributed by atoms with Crippen molar-refractivity contribution in [2.45, 2.75) is 26.4 Å². The maximum Gasteiger partial charge on any atom is 0.413 e. The molecule has 1 amide bonds. The highest BCUT2D eigenvalue weighted by Gasteiger charge is 2.18. The summed E-state index contributed by atoms with van der Waals surface area (Å²) >= 11 is 1.50. The summed E-state index contributed by atoms with van der Waals surface area (Å²) in [5, 5.41) is 13.5. The van der Waals surface area contributed by atoms with Crippen molar-refractivity contribution in [2.24, 2.45) is 0 Å². The third-order valence-corrected chi connectivity index (χ3v) is 3.03. The van der Waals surface area contributed by atoms with Gasteiger partial charge in [0, 0.05) is 0 Å². The molecule has 0 unspecified atom stereocenters. The summed E-state index contributed by atoms with van der Waals surface area (Å²) in [5.74, 6) is 0.225. The number of aromatic nitrogens is 1. The van der Waals surface area contributed by atoms with Gasteiger partial charge in [0.2, 0.25) is 0 Å². The van der Waals surface area contributed by atoms with E-state index in [0.717, 1.165) is 10.2 Å². The number of nitrogens with zero attached hydrogens (tertiary/aromatic N) is 2. The fourth-order valence-corrected chi connectivity index (χ4v) is 2.24. The van der Waals surface area contributed by atoms with Gasteiger partial charge in [0.1, 0.15) is 11.7 Å². The maximum absolute atomic E-state index is 11.7. The Kier molecular flexibility index (Phi) is 3.40. The highest BCUT2D eigenvalue weighted by molar-refractivity contribution is 7.17. The molecule has 0 radical (unpaired) electrons. The highest BCUT2D eigenvalue weighted by Crippen LogP contribution is 2.24. The molecule has 2 aromatic rings. The van der Waals surface area contributed by atoms with Crippen molar-refractivity contribution < 1.29 is 9.53 Å². The quantitative estimate of drug-likeness (QED) is 0.864. The van der Waals surface area contributed by atoms with Crippen molar-refractivity contribution in [1.82, 2.24) is 4.98 Å². The van der Waals surface area contributed by atoms with E-state index in [9.17, 15) is 4.79 Å². The van der Waals surface area contributed by atoms with Crippen LogP contribution >= 0.6 is 11.3 Å². The topological polar surface area (TPSA) is 75.0 Å². The molecule has 2 heterocycles. The van der Waals surface area contributed by atoms with Crippen LogP contribution in [0.5, 0.6) is 0 Å². The molecular weight excluding hydrogens is 262 g/mol. The second-order valence-electron chi connectivity index (χ2n) is 4.93. The zero-order valence-corrected chi connectivity index (χ0v) is 11.7. The number of fused-ring (bicyclic) bond motifs is 1. The van der Waals surface area contributed by atoms with Gasteiger partial charge in [-0.3, -0.25) is 5.32 Å². The largest absolute Gasteiger partial charge is 0.444 e. The average molecular weight is 275 g/mol. The minimum Gasteiger partial charge on any atom is -0.444 e. The van der Waals surface area contributed by atoms with Crippen molar-refractivity contribution in [2.75, 3.05) is 5.32 Å². The number of hydrogen-bond donors (Lipinski definition) is 1. The number of amides is 1. The molecule has 0 aliphatic rings. The van der Waals surface area contributed by atoms with Crippen molar-refractivity contribution in [3.05, 3.63) is 23.1 Å². The highest BCUT2D eigenvalue weighted by atomic mass is 32.1. The van der Waals surface area contributed by atoms with E-state index in [1.165, 1.54) is 11.3 Å². The molecule has 5 nitrogen and oxygen atoms in total. The van der Waals surface area contributed by atoms with Crippen molar-refractivity contribution >= 4 is 33.5 Å². The fourth-order valence-electron chi connectivity index (χ4n) is 1.48. The van der Waals surface area contributed by atoms with Crippen molar-refractivity contribution in [3.8, 4) is 6.07 Å². The lowest BCUT2D eigenvalue weighted by Gasteiger charge is -2.19. The maximum atomic E-state index is 11.7. The van der Waals surface area contributed by atoms with Crippen LogP contribution in [-0.4, -0.2) is 16.7 Å². The van der Waals surface area contributed by atoms with Crippen LogP contribution in [-0.2, 0) is 4.74 Å². The number of rotatable bonds is 1. The summed E-state index contributed by atoms with van der Waals surface area (Å²) < 4.78 is 6.05. The SMILES string of the molecule is CC(C)(C)OC(=O)Nc1nc2ccsc2cc1C#N. The Balaban J connectivity index is 2.29. The van der Waals surface area contributed by atoms with Crippen LogP contribution < -0.4 is 5.32 Å². The molecule has 0 atom stereocenters. The first kappa shape index (κ1) is 13.3. The first-order valence-corrected chi connectivity index (χ1v) is 6.55. The van der Waals surface area contributed by atoms with Gasteiger partial charge in [0.25, 0.3) is 0 Å². The first-order valence-electron chi connectivity index (χ1n) is 5.67. The van der Waals surface area contributed by atoms with E-state index in [1.807, 2.05) is 17.5 Å². The van der Waals surface area contributed by atoms with E-state index in [2.05, 4.69) is 10.3 Å². The van der Waals surface area contributed by atoms with Gasteiger partial charge >= 0.3 is 6.09 Å². The number of nitrogens with one attached hydrogen (secondary N) is 1. The van der Waals surface area contributed by atoms with Crippen LogP contribution in [0.1, 0.15) is 26.3 Å². The molecule has 0 fully saturated rings. The molecule has 1 N–H and O–H groups in total. The fraction of sp³-hybridized carbons (Fsp3) is 0.308. The van der Waals surface area contributed by atoms with Crippen molar-refractivity contribution in [1.29, 1.82) is 5.26 Å². The van der Waals surface area contributed by atoms with Gasteiger partial charge in [-0.1, -0.05) is 0 Å². The molecule has 0 aliphatic carbocycles. The van der Waals surface area contributed by atoms with Gasteiger partial charge in [-0.25, -0.2) is 9.78 Å². The van der Waals surface area contributed by atoms with Gasteiger partial charge in [0.15, 0.2) is 5.82 Å². The lowest BCUT2D eigenvalue weighted by Crippen LogP contribution is -2.27. The normalized spacial score (nSPS) is 11.1. The Morgan fingerprint density at radius 1 is 1.53 bits per heavy atom. The smallest absolute Gasteiger partial charge is 0.413 e. The van der Waals surface area contributed by atoms with Gasteiger partial charge in [-0.2, -0.15) is 5.26 Å². The number of hydrogen-bond acceptors (Lipinski definition) is 5. The summed E-state index contributed by atoms with van der Waals surface area (Å²) in [5.41, 5.74) is 0.472. The standard InChI is InChI=1S/C13H13N3O2S/c1-13(2,3)18-12(17)16-11-8(7-14)6-10-9(15-11)4-5-19-10/h4-6H,1-3H3,(H,15,16,17). The third kappa shape index (κ3) is 3.20. The van der Waals surface area contributed by atoms with Crippen LogP contribution in [0.4, 0.5) is 10.6 Å². The van der Waals surface area contributed by atoms with E-state index < -0.39 is 11.7 Å². The summed E-state index contributed by atoms with van der Waals surface area (Å²) in [6, 6.07) is 5.56. The summed E-state index contributed by atoms with van der Waals surface area (Å²) in [7, 11) is 0. The van der Waals surface area contributed by atoms with E-state index >= 15 is 0 Å². The molecule has 0 bridgehead atoms. The van der Waals surface area contributed by atoms with Crippen LogP contribution in [0.3, 0.4) is 0 Å². The second-order valence-corrected chi connectivity index (χ2v) is 5.87. The lowest BCUT2D eigenvalue weighted by atomic mass is 10.2. The number of carbonyl (C=O) groups excluding carboxylic acids is 1. The van der Waals surface area contributed by atoms with E-state index in [4.69, 9.17) is 10.00 Å². The molecule has 19 heavy (non-hydrogen) atoms. The Labute approximate surface area is 114 Å². The zero-order valence-electron chi connectivity index (χ0n) is 10.9.